The summed E-state index contributed by atoms with van der Waals surface area (Å²) in [6.07, 6.45) is 2.15. The smallest absolute Gasteiger partial charge is 0.226 e. The fraction of sp³-hybridized carbons (Fsp3) is 0.524. The van der Waals surface area contributed by atoms with E-state index in [0.29, 0.717) is 6.42 Å². The minimum atomic E-state index is 0.0113. The third kappa shape index (κ3) is 5.08. The van der Waals surface area contributed by atoms with E-state index >= 15 is 0 Å². The first-order valence-corrected chi connectivity index (χ1v) is 10.2. The molecule has 0 atom stereocenters. The van der Waals surface area contributed by atoms with Gasteiger partial charge < -0.3 is 15.4 Å². The van der Waals surface area contributed by atoms with Crippen molar-refractivity contribution in [2.45, 2.75) is 64.1 Å². The second-order valence-corrected chi connectivity index (χ2v) is 9.44. The van der Waals surface area contributed by atoms with Gasteiger partial charge in [-0.25, -0.2) is 4.98 Å². The Balaban J connectivity index is 1.65. The van der Waals surface area contributed by atoms with Gasteiger partial charge in [0.05, 0.1) is 24.8 Å². The largest absolute Gasteiger partial charge is 0.496 e. The fourth-order valence-electron chi connectivity index (χ4n) is 4.20. The Labute approximate surface area is 165 Å². The molecule has 1 fully saturated rings. The van der Waals surface area contributed by atoms with Gasteiger partial charge in [0.2, 0.25) is 5.91 Å². The maximum atomic E-state index is 12.6. The van der Waals surface area contributed by atoms with Crippen LogP contribution in [0.2, 0.25) is 0 Å². The zero-order valence-corrected chi connectivity index (χ0v) is 17.6. The first kappa shape index (κ1) is 19.8. The molecule has 0 saturated carbocycles. The van der Waals surface area contributed by atoms with E-state index in [4.69, 9.17) is 4.74 Å². The number of carbonyl (C=O) groups is 1. The van der Waals surface area contributed by atoms with E-state index in [1.54, 1.807) is 7.11 Å². The molecule has 0 radical (unpaired) electrons. The number of carbonyl (C=O) groups excluding carboxylic acids is 1. The number of rotatable bonds is 5. The van der Waals surface area contributed by atoms with Crippen molar-refractivity contribution in [3.63, 3.8) is 0 Å². The van der Waals surface area contributed by atoms with E-state index in [1.165, 1.54) is 11.3 Å². The van der Waals surface area contributed by atoms with Gasteiger partial charge in [-0.2, -0.15) is 0 Å². The summed E-state index contributed by atoms with van der Waals surface area (Å²) in [5, 5.41) is 9.68. The number of para-hydroxylation sites is 1. The molecule has 2 aromatic rings. The highest BCUT2D eigenvalue weighted by Crippen LogP contribution is 2.32. The molecule has 0 spiro atoms. The molecule has 1 amide bonds. The molecule has 27 heavy (non-hydrogen) atoms. The number of thiazole rings is 1. The Hall–Kier alpha value is -1.92. The van der Waals surface area contributed by atoms with E-state index in [2.05, 4.69) is 43.3 Å². The number of ether oxygens (including phenoxy) is 1. The lowest BCUT2D eigenvalue weighted by Crippen LogP contribution is -2.62. The van der Waals surface area contributed by atoms with Crippen molar-refractivity contribution in [2.24, 2.45) is 0 Å². The maximum absolute atomic E-state index is 12.6. The molecule has 2 N–H and O–H groups in total. The van der Waals surface area contributed by atoms with Crippen LogP contribution < -0.4 is 15.4 Å². The Morgan fingerprint density at radius 3 is 2.59 bits per heavy atom. The van der Waals surface area contributed by atoms with Crippen LogP contribution in [-0.2, 0) is 11.2 Å². The Kier molecular flexibility index (Phi) is 5.58. The van der Waals surface area contributed by atoms with Crippen LogP contribution >= 0.6 is 11.3 Å². The molecule has 1 aliphatic rings. The van der Waals surface area contributed by atoms with Gasteiger partial charge in [0, 0.05) is 22.5 Å². The van der Waals surface area contributed by atoms with Crippen LogP contribution in [0.3, 0.4) is 0 Å². The zero-order chi connectivity index (χ0) is 19.7. The molecule has 146 valence electrons. The molecule has 1 aromatic carbocycles. The standard InChI is InChI=1S/C21H29N3O2S/c1-20(2)11-15(12-21(3,4)24-20)22-18(25)10-14-13-27-19(23-14)16-8-6-7-9-17(16)26-5/h6-9,13,15,24H,10-12H2,1-5H3,(H,22,25). The van der Waals surface area contributed by atoms with Gasteiger partial charge in [0.1, 0.15) is 10.8 Å². The molecule has 0 bridgehead atoms. The highest BCUT2D eigenvalue weighted by atomic mass is 32.1. The van der Waals surface area contributed by atoms with Crippen LogP contribution in [0.25, 0.3) is 10.6 Å². The lowest BCUT2D eigenvalue weighted by atomic mass is 9.79. The molecule has 1 aromatic heterocycles. The van der Waals surface area contributed by atoms with Crippen molar-refractivity contribution >= 4 is 17.2 Å². The number of amides is 1. The average Bonchev–Trinajstić information content (AvgIpc) is 2.99. The van der Waals surface area contributed by atoms with E-state index in [1.807, 2.05) is 29.6 Å². The molecule has 1 aliphatic heterocycles. The summed E-state index contributed by atoms with van der Waals surface area (Å²) < 4.78 is 5.41. The Bertz CT molecular complexity index is 797. The monoisotopic (exact) mass is 387 g/mol. The van der Waals surface area contributed by atoms with Gasteiger partial charge >= 0.3 is 0 Å². The third-order valence-corrected chi connectivity index (χ3v) is 5.71. The molecular weight excluding hydrogens is 358 g/mol. The first-order valence-electron chi connectivity index (χ1n) is 9.34. The second kappa shape index (κ2) is 7.60. The number of nitrogens with zero attached hydrogens (tertiary/aromatic N) is 1. The first-order chi connectivity index (χ1) is 12.7. The van der Waals surface area contributed by atoms with Crippen molar-refractivity contribution < 1.29 is 9.53 Å². The molecule has 0 aliphatic carbocycles. The lowest BCUT2D eigenvalue weighted by Gasteiger charge is -2.46. The summed E-state index contributed by atoms with van der Waals surface area (Å²) in [6.45, 7) is 8.75. The number of hydrogen-bond donors (Lipinski definition) is 2. The summed E-state index contributed by atoms with van der Waals surface area (Å²) in [5.41, 5.74) is 1.78. The van der Waals surface area contributed by atoms with E-state index in [0.717, 1.165) is 34.9 Å². The minimum Gasteiger partial charge on any atom is -0.496 e. The number of nitrogens with one attached hydrogen (secondary N) is 2. The van der Waals surface area contributed by atoms with Crippen LogP contribution in [0.5, 0.6) is 5.75 Å². The van der Waals surface area contributed by atoms with Crippen LogP contribution in [0.4, 0.5) is 0 Å². The van der Waals surface area contributed by atoms with Gasteiger partial charge in [-0.15, -0.1) is 11.3 Å². The van der Waals surface area contributed by atoms with Gasteiger partial charge in [-0.3, -0.25) is 4.79 Å². The molecule has 0 unspecified atom stereocenters. The topological polar surface area (TPSA) is 63.2 Å². The van der Waals surface area contributed by atoms with Crippen molar-refractivity contribution in [3.8, 4) is 16.3 Å². The van der Waals surface area contributed by atoms with Crippen LogP contribution in [0, 0.1) is 0 Å². The van der Waals surface area contributed by atoms with Crippen molar-refractivity contribution in [1.29, 1.82) is 0 Å². The maximum Gasteiger partial charge on any atom is 0.226 e. The van der Waals surface area contributed by atoms with E-state index in [9.17, 15) is 4.79 Å². The predicted octanol–water partition coefficient (Wildman–Crippen LogP) is 3.79. The molecule has 5 nitrogen and oxygen atoms in total. The van der Waals surface area contributed by atoms with E-state index < -0.39 is 0 Å². The Morgan fingerprint density at radius 2 is 1.93 bits per heavy atom. The third-order valence-electron chi connectivity index (χ3n) is 4.79. The molecule has 2 heterocycles. The number of hydrogen-bond acceptors (Lipinski definition) is 5. The van der Waals surface area contributed by atoms with Gasteiger partial charge in [0.25, 0.3) is 0 Å². The Morgan fingerprint density at radius 1 is 1.26 bits per heavy atom. The zero-order valence-electron chi connectivity index (χ0n) is 16.8. The molecule has 6 heteroatoms. The summed E-state index contributed by atoms with van der Waals surface area (Å²) in [4.78, 5) is 17.2. The highest BCUT2D eigenvalue weighted by molar-refractivity contribution is 7.13. The van der Waals surface area contributed by atoms with Crippen molar-refractivity contribution in [1.82, 2.24) is 15.6 Å². The summed E-state index contributed by atoms with van der Waals surface area (Å²) in [7, 11) is 1.66. The van der Waals surface area contributed by atoms with Crippen molar-refractivity contribution in [3.05, 3.63) is 35.3 Å². The minimum absolute atomic E-state index is 0.0113. The number of benzene rings is 1. The van der Waals surface area contributed by atoms with Gasteiger partial charge in [-0.05, 0) is 52.7 Å². The summed E-state index contributed by atoms with van der Waals surface area (Å²) in [5.74, 6) is 0.826. The lowest BCUT2D eigenvalue weighted by molar-refractivity contribution is -0.121. The quantitative estimate of drug-likeness (QED) is 0.819. The van der Waals surface area contributed by atoms with Crippen LogP contribution in [0.1, 0.15) is 46.2 Å². The van der Waals surface area contributed by atoms with Gasteiger partial charge in [-0.1, -0.05) is 12.1 Å². The molecule has 3 rings (SSSR count). The SMILES string of the molecule is COc1ccccc1-c1nc(CC(=O)NC2CC(C)(C)NC(C)(C)C2)cs1. The number of aromatic nitrogens is 1. The predicted molar refractivity (Wildman–Crippen MR) is 110 cm³/mol. The summed E-state index contributed by atoms with van der Waals surface area (Å²) >= 11 is 1.54. The van der Waals surface area contributed by atoms with E-state index in [-0.39, 0.29) is 23.0 Å². The van der Waals surface area contributed by atoms with Gasteiger partial charge in [0.15, 0.2) is 0 Å². The molecule has 1 saturated heterocycles. The van der Waals surface area contributed by atoms with Crippen LogP contribution in [0.15, 0.2) is 29.6 Å². The van der Waals surface area contributed by atoms with Crippen LogP contribution in [-0.4, -0.2) is 35.1 Å². The number of piperidine rings is 1. The normalized spacial score (nSPS) is 18.9. The number of methoxy groups -OCH3 is 1. The second-order valence-electron chi connectivity index (χ2n) is 8.59. The average molecular weight is 388 g/mol. The molecular formula is C21H29N3O2S. The van der Waals surface area contributed by atoms with Crippen molar-refractivity contribution in [2.75, 3.05) is 7.11 Å². The summed E-state index contributed by atoms with van der Waals surface area (Å²) in [6, 6.07) is 7.99. The fourth-order valence-corrected chi connectivity index (χ4v) is 5.05. The highest BCUT2D eigenvalue weighted by Gasteiger charge is 2.38.